The molecule has 6 rings (SSSR count). The van der Waals surface area contributed by atoms with E-state index in [0.29, 0.717) is 17.4 Å². The molecule has 2 aromatic carbocycles. The number of aliphatic hydroxyl groups is 1. The summed E-state index contributed by atoms with van der Waals surface area (Å²) < 4.78 is 11.5. The Kier molecular flexibility index (Phi) is 5.96. The Bertz CT molecular complexity index is 1670. The van der Waals surface area contributed by atoms with Crippen LogP contribution in [0.3, 0.4) is 0 Å². The summed E-state index contributed by atoms with van der Waals surface area (Å²) in [7, 11) is 1.81. The van der Waals surface area contributed by atoms with Gasteiger partial charge in [0.15, 0.2) is 5.82 Å². The van der Waals surface area contributed by atoms with E-state index >= 15 is 0 Å². The number of pyridine rings is 1. The van der Waals surface area contributed by atoms with Crippen molar-refractivity contribution in [3.05, 3.63) is 87.8 Å². The number of aryl methyl sites for hydroxylation is 2. The van der Waals surface area contributed by atoms with E-state index in [1.54, 1.807) is 36.2 Å². The molecule has 8 heteroatoms. The number of aromatic nitrogens is 5. The summed E-state index contributed by atoms with van der Waals surface area (Å²) >= 11 is 0. The van der Waals surface area contributed by atoms with Crippen molar-refractivity contribution in [2.75, 3.05) is 13.2 Å². The topological polar surface area (TPSA) is 87.1 Å². The molecule has 5 aromatic rings. The summed E-state index contributed by atoms with van der Waals surface area (Å²) in [6, 6.07) is 20.2. The molecular weight excluding hydrogens is 478 g/mol. The summed E-state index contributed by atoms with van der Waals surface area (Å²) in [6.45, 7) is 6.92. The quantitative estimate of drug-likeness (QED) is 0.372. The fourth-order valence-electron chi connectivity index (χ4n) is 6.01. The van der Waals surface area contributed by atoms with E-state index in [1.165, 1.54) is 5.56 Å². The highest BCUT2D eigenvalue weighted by Gasteiger charge is 2.31. The molecule has 1 aliphatic heterocycles. The average molecular weight is 512 g/mol. The predicted octanol–water partition coefficient (Wildman–Crippen LogP) is 4.63. The van der Waals surface area contributed by atoms with Crippen molar-refractivity contribution in [2.24, 2.45) is 13.0 Å². The van der Waals surface area contributed by atoms with Gasteiger partial charge in [0.05, 0.1) is 28.2 Å². The van der Waals surface area contributed by atoms with Crippen LogP contribution in [0.5, 0.6) is 0 Å². The third-order valence-corrected chi connectivity index (χ3v) is 7.85. The van der Waals surface area contributed by atoms with E-state index in [0.717, 1.165) is 53.6 Å². The molecule has 0 radical (unpaired) electrons. The van der Waals surface area contributed by atoms with E-state index in [-0.39, 0.29) is 11.6 Å². The maximum absolute atomic E-state index is 13.5. The molecule has 1 saturated heterocycles. The number of hydrogen-bond donors (Lipinski definition) is 1. The number of nitrogens with zero attached hydrogens (tertiary/aromatic N) is 5. The van der Waals surface area contributed by atoms with E-state index in [9.17, 15) is 9.90 Å². The lowest BCUT2D eigenvalue weighted by atomic mass is 9.86. The van der Waals surface area contributed by atoms with Gasteiger partial charge in [-0.15, -0.1) is 5.10 Å². The van der Waals surface area contributed by atoms with E-state index in [1.807, 2.05) is 31.2 Å². The van der Waals surface area contributed by atoms with Crippen LogP contribution in [0.2, 0.25) is 0 Å². The first kappa shape index (κ1) is 24.6. The lowest BCUT2D eigenvalue weighted by Gasteiger charge is -2.33. The van der Waals surface area contributed by atoms with Gasteiger partial charge >= 0.3 is 0 Å². The lowest BCUT2D eigenvalue weighted by molar-refractivity contribution is 0.0552. The first-order valence-corrected chi connectivity index (χ1v) is 13.2. The number of ether oxygens (including phenoxy) is 1. The Morgan fingerprint density at radius 3 is 2.42 bits per heavy atom. The zero-order chi connectivity index (χ0) is 26.6. The fraction of sp³-hybridized carbons (Fsp3) is 0.367. The van der Waals surface area contributed by atoms with Crippen LogP contribution in [0.1, 0.15) is 49.6 Å². The summed E-state index contributed by atoms with van der Waals surface area (Å²) in [5.74, 6) is 0.991. The van der Waals surface area contributed by atoms with Crippen molar-refractivity contribution < 1.29 is 9.84 Å². The molecule has 8 nitrogen and oxygen atoms in total. The van der Waals surface area contributed by atoms with Gasteiger partial charge in [0.1, 0.15) is 5.69 Å². The fourth-order valence-corrected chi connectivity index (χ4v) is 6.01. The zero-order valence-electron chi connectivity index (χ0n) is 22.3. The van der Waals surface area contributed by atoms with Crippen molar-refractivity contribution in [1.82, 2.24) is 24.1 Å². The minimum absolute atomic E-state index is 0.0221. The largest absolute Gasteiger partial charge is 0.386 e. The first-order valence-electron chi connectivity index (χ1n) is 13.2. The maximum Gasteiger partial charge on any atom is 0.256 e. The van der Waals surface area contributed by atoms with Crippen LogP contribution in [0.15, 0.2) is 65.5 Å². The van der Waals surface area contributed by atoms with E-state index in [2.05, 4.69) is 45.2 Å². The molecule has 38 heavy (non-hydrogen) atoms. The van der Waals surface area contributed by atoms with Crippen LogP contribution in [-0.2, 0) is 17.4 Å². The summed E-state index contributed by atoms with van der Waals surface area (Å²) in [5, 5.41) is 20.3. The molecule has 1 unspecified atom stereocenters. The molecule has 0 bridgehead atoms. The van der Waals surface area contributed by atoms with Crippen LogP contribution in [-0.4, -0.2) is 42.4 Å². The zero-order valence-corrected chi connectivity index (χ0v) is 22.3. The molecule has 0 amide bonds. The molecular formula is C30H33N5O3. The molecule has 1 fully saturated rings. The van der Waals surface area contributed by atoms with E-state index in [4.69, 9.17) is 4.74 Å². The Labute approximate surface area is 221 Å². The highest BCUT2D eigenvalue weighted by Crippen LogP contribution is 2.41. The van der Waals surface area contributed by atoms with Crippen LogP contribution in [0.4, 0.5) is 0 Å². The smallest absolute Gasteiger partial charge is 0.256 e. The third-order valence-electron chi connectivity index (χ3n) is 7.85. The normalized spacial score (nSPS) is 15.9. The molecule has 4 heterocycles. The van der Waals surface area contributed by atoms with E-state index < -0.39 is 5.60 Å². The summed E-state index contributed by atoms with van der Waals surface area (Å²) in [6.07, 6.45) is 1.88. The van der Waals surface area contributed by atoms with Crippen LogP contribution >= 0.6 is 0 Å². The molecule has 0 saturated carbocycles. The number of rotatable bonds is 5. The van der Waals surface area contributed by atoms with Crippen molar-refractivity contribution in [1.29, 1.82) is 0 Å². The summed E-state index contributed by atoms with van der Waals surface area (Å²) in [4.78, 5) is 13.5. The van der Waals surface area contributed by atoms with Gasteiger partial charge in [-0.3, -0.25) is 9.36 Å². The molecule has 196 valence electrons. The van der Waals surface area contributed by atoms with Crippen LogP contribution < -0.4 is 5.56 Å². The molecule has 0 aliphatic carbocycles. The molecule has 1 N–H and O–H groups in total. The Hall–Kier alpha value is -3.75. The Balaban J connectivity index is 1.77. The van der Waals surface area contributed by atoms with Gasteiger partial charge < -0.3 is 14.4 Å². The highest BCUT2D eigenvalue weighted by atomic mass is 16.5. The molecule has 0 spiro atoms. The predicted molar refractivity (Wildman–Crippen MR) is 148 cm³/mol. The number of hydrogen-bond acceptors (Lipinski definition) is 5. The SMILES string of the molecule is Cc1nnn(C)c1-n1c(=O)ccc2c1c1ccc(C(C)(C)O)cc1n2C(c1ccccc1)C1CCOCC1. The lowest BCUT2D eigenvalue weighted by Crippen LogP contribution is -2.27. The Morgan fingerprint density at radius 2 is 1.76 bits per heavy atom. The van der Waals surface area contributed by atoms with Crippen molar-refractivity contribution in [3.8, 4) is 5.82 Å². The highest BCUT2D eigenvalue weighted by molar-refractivity contribution is 6.07. The monoisotopic (exact) mass is 511 g/mol. The molecule has 3 aromatic heterocycles. The van der Waals surface area contributed by atoms with Crippen molar-refractivity contribution in [3.63, 3.8) is 0 Å². The van der Waals surface area contributed by atoms with Crippen LogP contribution in [0, 0.1) is 12.8 Å². The van der Waals surface area contributed by atoms with Crippen LogP contribution in [0.25, 0.3) is 27.8 Å². The Morgan fingerprint density at radius 1 is 1.03 bits per heavy atom. The second kappa shape index (κ2) is 9.22. The minimum Gasteiger partial charge on any atom is -0.386 e. The molecule has 1 aliphatic rings. The van der Waals surface area contributed by atoms with Gasteiger partial charge in [-0.1, -0.05) is 47.7 Å². The molecule has 1 atom stereocenters. The van der Waals surface area contributed by atoms with Crippen molar-refractivity contribution >= 4 is 21.9 Å². The standard InChI is InChI=1S/C30H33N5O3/c1-19-29(33(4)32-31-19)35-26(36)13-12-24-28(35)23-11-10-22(30(2,3)37)18-25(23)34(24)27(20-8-6-5-7-9-20)21-14-16-38-17-15-21/h5-13,18,21,27,37H,14-17H2,1-4H3. The summed E-state index contributed by atoms with van der Waals surface area (Å²) in [5.41, 5.74) is 4.30. The minimum atomic E-state index is -1.02. The van der Waals surface area contributed by atoms with Crippen molar-refractivity contribution in [2.45, 2.75) is 45.3 Å². The second-order valence-electron chi connectivity index (χ2n) is 10.8. The van der Waals surface area contributed by atoms with Gasteiger partial charge in [-0.2, -0.15) is 0 Å². The average Bonchev–Trinajstić information content (AvgIpc) is 3.41. The second-order valence-corrected chi connectivity index (χ2v) is 10.8. The van der Waals surface area contributed by atoms with Gasteiger partial charge in [-0.25, -0.2) is 4.68 Å². The number of fused-ring (bicyclic) bond motifs is 3. The van der Waals surface area contributed by atoms with Gasteiger partial charge in [0.2, 0.25) is 0 Å². The maximum atomic E-state index is 13.5. The third kappa shape index (κ3) is 3.95. The number of benzene rings is 2. The van der Waals surface area contributed by atoms with Gasteiger partial charge in [-0.05, 0) is 62.8 Å². The van der Waals surface area contributed by atoms with Gasteiger partial charge in [0.25, 0.3) is 5.56 Å². The van der Waals surface area contributed by atoms with Gasteiger partial charge in [0, 0.05) is 31.7 Å². The first-order chi connectivity index (χ1) is 18.3.